The molecule has 104 valence electrons. The number of nitrogens with zero attached hydrogens (tertiary/aromatic N) is 1. The smallest absolute Gasteiger partial charge is 0.263 e. The van der Waals surface area contributed by atoms with Gasteiger partial charge in [0.15, 0.2) is 6.10 Å². The number of carbonyl (C=O) groups excluding carboxylic acids is 1. The normalized spacial score (nSPS) is 21.0. The molecule has 0 spiro atoms. The van der Waals surface area contributed by atoms with Gasteiger partial charge in [0.2, 0.25) is 0 Å². The van der Waals surface area contributed by atoms with E-state index in [1.165, 1.54) is 0 Å². The maximum Gasteiger partial charge on any atom is 0.263 e. The molecule has 19 heavy (non-hydrogen) atoms. The van der Waals surface area contributed by atoms with Gasteiger partial charge in [0, 0.05) is 30.7 Å². The number of nitrogens with one attached hydrogen (secondary N) is 1. The first kappa shape index (κ1) is 14.2. The van der Waals surface area contributed by atoms with Crippen molar-refractivity contribution in [1.29, 1.82) is 0 Å². The van der Waals surface area contributed by atoms with E-state index in [0.717, 1.165) is 19.6 Å². The van der Waals surface area contributed by atoms with Crippen LogP contribution in [0, 0.1) is 0 Å². The molecule has 2 atom stereocenters. The van der Waals surface area contributed by atoms with E-state index in [2.05, 4.69) is 12.2 Å². The van der Waals surface area contributed by atoms with E-state index >= 15 is 0 Å². The minimum absolute atomic E-state index is 0.0216. The Morgan fingerprint density at radius 1 is 1.58 bits per heavy atom. The summed E-state index contributed by atoms with van der Waals surface area (Å²) < 4.78 is 5.65. The van der Waals surface area contributed by atoms with Gasteiger partial charge < -0.3 is 15.0 Å². The molecule has 1 aliphatic heterocycles. The molecule has 4 nitrogen and oxygen atoms in total. The molecule has 2 rings (SSSR count). The molecule has 1 aliphatic rings. The largest absolute Gasteiger partial charge is 0.481 e. The van der Waals surface area contributed by atoms with E-state index in [4.69, 9.17) is 16.3 Å². The number of benzene rings is 1. The monoisotopic (exact) mass is 282 g/mol. The zero-order valence-corrected chi connectivity index (χ0v) is 12.0. The Labute approximate surface area is 118 Å². The second kappa shape index (κ2) is 6.26. The van der Waals surface area contributed by atoms with E-state index in [0.29, 0.717) is 16.8 Å². The molecule has 1 amide bonds. The fourth-order valence-electron chi connectivity index (χ4n) is 2.18. The van der Waals surface area contributed by atoms with Gasteiger partial charge >= 0.3 is 0 Å². The number of rotatable bonds is 3. The van der Waals surface area contributed by atoms with Crippen molar-refractivity contribution in [3.05, 3.63) is 29.3 Å². The summed E-state index contributed by atoms with van der Waals surface area (Å²) in [6, 6.07) is 7.43. The van der Waals surface area contributed by atoms with Crippen LogP contribution in [0.15, 0.2) is 24.3 Å². The quantitative estimate of drug-likeness (QED) is 0.921. The van der Waals surface area contributed by atoms with E-state index in [-0.39, 0.29) is 5.91 Å². The van der Waals surface area contributed by atoms with Crippen molar-refractivity contribution in [3.8, 4) is 5.75 Å². The zero-order chi connectivity index (χ0) is 13.8. The van der Waals surface area contributed by atoms with Crippen molar-refractivity contribution in [2.75, 3.05) is 19.6 Å². The lowest BCUT2D eigenvalue weighted by Crippen LogP contribution is -2.54. The Morgan fingerprint density at radius 2 is 2.37 bits per heavy atom. The first-order valence-corrected chi connectivity index (χ1v) is 6.88. The fraction of sp³-hybridized carbons (Fsp3) is 0.500. The number of halogens is 1. The third-order valence-corrected chi connectivity index (χ3v) is 3.37. The predicted octanol–water partition coefficient (Wildman–Crippen LogP) is 1.93. The lowest BCUT2D eigenvalue weighted by atomic mass is 10.2. The molecule has 1 fully saturated rings. The molecule has 0 aromatic heterocycles. The van der Waals surface area contributed by atoms with Gasteiger partial charge in [0.25, 0.3) is 5.91 Å². The zero-order valence-electron chi connectivity index (χ0n) is 11.2. The van der Waals surface area contributed by atoms with Gasteiger partial charge in [-0.3, -0.25) is 4.79 Å². The van der Waals surface area contributed by atoms with Crippen LogP contribution in [0.2, 0.25) is 5.02 Å². The third kappa shape index (κ3) is 3.85. The van der Waals surface area contributed by atoms with Gasteiger partial charge in [-0.25, -0.2) is 0 Å². The van der Waals surface area contributed by atoms with Crippen LogP contribution >= 0.6 is 11.6 Å². The van der Waals surface area contributed by atoms with Crippen LogP contribution in [0.4, 0.5) is 0 Å². The second-order valence-electron chi connectivity index (χ2n) is 4.86. The summed E-state index contributed by atoms with van der Waals surface area (Å²) in [6.45, 7) is 6.13. The summed E-state index contributed by atoms with van der Waals surface area (Å²) in [5.74, 6) is 0.643. The molecule has 1 heterocycles. The number of hydrogen-bond donors (Lipinski definition) is 1. The molecular formula is C14H19ClN2O2. The van der Waals surface area contributed by atoms with Crippen LogP contribution in [0.1, 0.15) is 13.8 Å². The second-order valence-corrected chi connectivity index (χ2v) is 5.29. The van der Waals surface area contributed by atoms with E-state index < -0.39 is 6.10 Å². The summed E-state index contributed by atoms with van der Waals surface area (Å²) in [5, 5.41) is 3.92. The molecule has 1 unspecified atom stereocenters. The molecular weight excluding hydrogens is 264 g/mol. The molecule has 0 aliphatic carbocycles. The van der Waals surface area contributed by atoms with Gasteiger partial charge in [-0.2, -0.15) is 0 Å². The maximum atomic E-state index is 12.3. The molecule has 1 saturated heterocycles. The highest BCUT2D eigenvalue weighted by Crippen LogP contribution is 2.19. The van der Waals surface area contributed by atoms with E-state index in [9.17, 15) is 4.79 Å². The van der Waals surface area contributed by atoms with Crippen LogP contribution in [0.3, 0.4) is 0 Å². The van der Waals surface area contributed by atoms with Crippen molar-refractivity contribution in [3.63, 3.8) is 0 Å². The maximum absolute atomic E-state index is 12.3. The Bertz CT molecular complexity index is 453. The standard InChI is InChI=1S/C14H19ClN2O2/c1-10-9-17(7-6-16-10)14(18)11(2)19-13-5-3-4-12(15)8-13/h3-5,8,10-11,16H,6-7,9H2,1-2H3/t10-,11?/m1/s1. The van der Waals surface area contributed by atoms with Gasteiger partial charge in [0.05, 0.1) is 0 Å². The lowest BCUT2D eigenvalue weighted by Gasteiger charge is -2.33. The number of ether oxygens (including phenoxy) is 1. The van der Waals surface area contributed by atoms with E-state index in [1.54, 1.807) is 25.1 Å². The highest BCUT2D eigenvalue weighted by Gasteiger charge is 2.25. The van der Waals surface area contributed by atoms with Gasteiger partial charge in [-0.1, -0.05) is 17.7 Å². The average Bonchev–Trinajstić information content (AvgIpc) is 2.38. The molecule has 1 N–H and O–H groups in total. The highest BCUT2D eigenvalue weighted by molar-refractivity contribution is 6.30. The summed E-state index contributed by atoms with van der Waals surface area (Å²) in [4.78, 5) is 14.1. The van der Waals surface area contributed by atoms with Crippen LogP contribution in [0.25, 0.3) is 0 Å². The Balaban J connectivity index is 1.95. The van der Waals surface area contributed by atoms with Gasteiger partial charge in [-0.15, -0.1) is 0 Å². The SMILES string of the molecule is CC(Oc1cccc(Cl)c1)C(=O)N1CCN[C@H](C)C1. The number of carbonyl (C=O) groups is 1. The van der Waals surface area contributed by atoms with Crippen LogP contribution in [0.5, 0.6) is 5.75 Å². The topological polar surface area (TPSA) is 41.6 Å². The Kier molecular flexibility index (Phi) is 4.66. The minimum atomic E-state index is -0.497. The molecule has 0 saturated carbocycles. The molecule has 1 aromatic carbocycles. The lowest BCUT2D eigenvalue weighted by molar-refractivity contribution is -0.139. The van der Waals surface area contributed by atoms with Crippen molar-refractivity contribution in [2.45, 2.75) is 26.0 Å². The molecule has 1 aromatic rings. The van der Waals surface area contributed by atoms with Gasteiger partial charge in [0.1, 0.15) is 5.75 Å². The van der Waals surface area contributed by atoms with Crippen molar-refractivity contribution < 1.29 is 9.53 Å². The summed E-state index contributed by atoms with van der Waals surface area (Å²) in [5.41, 5.74) is 0. The number of piperazine rings is 1. The van der Waals surface area contributed by atoms with E-state index in [1.807, 2.05) is 11.0 Å². The average molecular weight is 283 g/mol. The first-order chi connectivity index (χ1) is 9.06. The van der Waals surface area contributed by atoms with Crippen LogP contribution in [-0.2, 0) is 4.79 Å². The third-order valence-electron chi connectivity index (χ3n) is 3.14. The summed E-state index contributed by atoms with van der Waals surface area (Å²) >= 11 is 5.89. The Hall–Kier alpha value is -1.26. The molecule has 5 heteroatoms. The van der Waals surface area contributed by atoms with Gasteiger partial charge in [-0.05, 0) is 32.0 Å². The Morgan fingerprint density at radius 3 is 3.05 bits per heavy atom. The van der Waals surface area contributed by atoms with Crippen molar-refractivity contribution in [1.82, 2.24) is 10.2 Å². The molecule has 0 radical (unpaired) electrons. The molecule has 0 bridgehead atoms. The summed E-state index contributed by atoms with van der Waals surface area (Å²) in [6.07, 6.45) is -0.497. The minimum Gasteiger partial charge on any atom is -0.481 e. The fourth-order valence-corrected chi connectivity index (χ4v) is 2.36. The van der Waals surface area contributed by atoms with Crippen LogP contribution in [-0.4, -0.2) is 42.6 Å². The van der Waals surface area contributed by atoms with Crippen molar-refractivity contribution >= 4 is 17.5 Å². The predicted molar refractivity (Wildman–Crippen MR) is 75.6 cm³/mol. The number of hydrogen-bond acceptors (Lipinski definition) is 3. The highest BCUT2D eigenvalue weighted by atomic mass is 35.5. The first-order valence-electron chi connectivity index (χ1n) is 6.50. The summed E-state index contributed by atoms with van der Waals surface area (Å²) in [7, 11) is 0. The van der Waals surface area contributed by atoms with Crippen molar-refractivity contribution in [2.24, 2.45) is 0 Å². The number of amides is 1. The van der Waals surface area contributed by atoms with Crippen LogP contribution < -0.4 is 10.1 Å².